The molecule has 1 aromatic heterocycles. The minimum atomic E-state index is 0.599. The Kier molecular flexibility index (Phi) is 12.5. The number of nitrogens with zero attached hydrogens (tertiary/aromatic N) is 1. The Morgan fingerprint density at radius 1 is 1.06 bits per heavy atom. The van der Waals surface area contributed by atoms with Crippen LogP contribution in [0.1, 0.15) is 19.5 Å². The van der Waals surface area contributed by atoms with Crippen LogP contribution >= 0.6 is 0 Å². The Balaban J connectivity index is 0.00000121. The van der Waals surface area contributed by atoms with Gasteiger partial charge in [-0.2, -0.15) is 0 Å². The van der Waals surface area contributed by atoms with Gasteiger partial charge < -0.3 is 18.7 Å². The summed E-state index contributed by atoms with van der Waals surface area (Å²) >= 11 is 0. The largest absolute Gasteiger partial charge is 0.382 e. The summed E-state index contributed by atoms with van der Waals surface area (Å²) in [7, 11) is 1.65. The molecule has 0 N–H and O–H groups in total. The molecule has 1 heterocycles. The summed E-state index contributed by atoms with van der Waals surface area (Å²) < 4.78 is 20.1. The molecule has 100 valence electrons. The molecule has 0 aliphatic heterocycles. The van der Waals surface area contributed by atoms with Gasteiger partial charge in [-0.05, 0) is 0 Å². The molecule has 5 heteroatoms. The third-order valence-electron chi connectivity index (χ3n) is 1.80. The molecule has 5 nitrogen and oxygen atoms in total. The molecule has 0 aromatic carbocycles. The van der Waals surface area contributed by atoms with Gasteiger partial charge in [0.25, 0.3) is 0 Å². The van der Waals surface area contributed by atoms with Gasteiger partial charge in [0.2, 0.25) is 0 Å². The fraction of sp³-hybridized carbons (Fsp3) is 0.750. The topological polar surface area (TPSA) is 53.7 Å². The average molecular weight is 245 g/mol. The zero-order chi connectivity index (χ0) is 12.8. The maximum absolute atomic E-state index is 5.34. The van der Waals surface area contributed by atoms with E-state index in [9.17, 15) is 0 Å². The van der Waals surface area contributed by atoms with Gasteiger partial charge >= 0.3 is 0 Å². The molecule has 0 aliphatic rings. The zero-order valence-corrected chi connectivity index (χ0v) is 11.0. The number of hydrogen-bond acceptors (Lipinski definition) is 5. The Morgan fingerprint density at radius 3 is 2.29 bits per heavy atom. The molecule has 0 spiro atoms. The number of ether oxygens (including phenoxy) is 3. The van der Waals surface area contributed by atoms with Gasteiger partial charge in [0.1, 0.15) is 6.26 Å². The first-order chi connectivity index (χ1) is 8.43. The van der Waals surface area contributed by atoms with Crippen molar-refractivity contribution in [1.29, 1.82) is 0 Å². The van der Waals surface area contributed by atoms with E-state index in [1.807, 2.05) is 19.9 Å². The van der Waals surface area contributed by atoms with E-state index in [-0.39, 0.29) is 0 Å². The Bertz CT molecular complexity index is 226. The van der Waals surface area contributed by atoms with E-state index in [0.29, 0.717) is 33.0 Å². The second-order valence-corrected chi connectivity index (χ2v) is 2.96. The van der Waals surface area contributed by atoms with Crippen LogP contribution in [0.15, 0.2) is 16.9 Å². The molecular formula is C12H23NO4. The molecule has 0 saturated carbocycles. The highest BCUT2D eigenvalue weighted by Gasteiger charge is 1.96. The van der Waals surface area contributed by atoms with E-state index >= 15 is 0 Å². The highest BCUT2D eigenvalue weighted by Crippen LogP contribution is 1.95. The van der Waals surface area contributed by atoms with Crippen molar-refractivity contribution < 1.29 is 18.7 Å². The lowest BCUT2D eigenvalue weighted by atomic mass is 10.3. The van der Waals surface area contributed by atoms with Crippen LogP contribution in [-0.4, -0.2) is 45.3 Å². The normalized spacial score (nSPS) is 9.82. The Labute approximate surface area is 103 Å². The quantitative estimate of drug-likeness (QED) is 0.622. The van der Waals surface area contributed by atoms with Gasteiger partial charge in [-0.15, -0.1) is 0 Å². The summed E-state index contributed by atoms with van der Waals surface area (Å²) in [6, 6.07) is 1.83. The molecule has 17 heavy (non-hydrogen) atoms. The first-order valence-electron chi connectivity index (χ1n) is 5.97. The first kappa shape index (κ1) is 16.1. The van der Waals surface area contributed by atoms with Crippen LogP contribution in [0, 0.1) is 0 Å². The summed E-state index contributed by atoms with van der Waals surface area (Å²) in [6.45, 7) is 7.08. The molecule has 0 fully saturated rings. The zero-order valence-electron chi connectivity index (χ0n) is 11.0. The molecular weight excluding hydrogens is 222 g/mol. The highest BCUT2D eigenvalue weighted by atomic mass is 16.5. The molecule has 0 atom stereocenters. The number of rotatable bonds is 9. The summed E-state index contributed by atoms with van der Waals surface area (Å²) in [5, 5.41) is 3.77. The Hall–Kier alpha value is -0.910. The van der Waals surface area contributed by atoms with Crippen LogP contribution < -0.4 is 0 Å². The van der Waals surface area contributed by atoms with Crippen molar-refractivity contribution in [3.8, 4) is 0 Å². The van der Waals surface area contributed by atoms with Crippen molar-refractivity contribution in [1.82, 2.24) is 5.16 Å². The molecule has 0 aliphatic carbocycles. The minimum Gasteiger partial charge on any atom is -0.382 e. The van der Waals surface area contributed by atoms with Crippen molar-refractivity contribution in [2.75, 3.05) is 40.1 Å². The lowest BCUT2D eigenvalue weighted by molar-refractivity contribution is 0.0253. The minimum absolute atomic E-state index is 0.599. The average Bonchev–Trinajstić information content (AvgIpc) is 2.88. The summed E-state index contributed by atoms with van der Waals surface area (Å²) in [5.74, 6) is 0. The molecule has 0 radical (unpaired) electrons. The standard InChI is InChI=1S/C10H17NO4.C2H6/c1-12-6-7-14-9-8-13-4-2-10-3-5-15-11-10;1-2/h3,5H,2,4,6-9H2,1H3;1-2H3. The first-order valence-corrected chi connectivity index (χ1v) is 5.97. The molecule has 1 rings (SSSR count). The SMILES string of the molecule is CC.COCCOCCOCCc1ccon1. The van der Waals surface area contributed by atoms with Crippen molar-refractivity contribution in [2.24, 2.45) is 0 Å². The predicted octanol–water partition coefficient (Wildman–Crippen LogP) is 1.92. The molecule has 0 bridgehead atoms. The molecule has 0 unspecified atom stereocenters. The third-order valence-corrected chi connectivity index (χ3v) is 1.80. The van der Waals surface area contributed by atoms with Gasteiger partial charge in [0, 0.05) is 19.6 Å². The van der Waals surface area contributed by atoms with E-state index in [0.717, 1.165) is 12.1 Å². The van der Waals surface area contributed by atoms with Crippen molar-refractivity contribution in [3.63, 3.8) is 0 Å². The van der Waals surface area contributed by atoms with Crippen LogP contribution in [0.4, 0.5) is 0 Å². The summed E-state index contributed by atoms with van der Waals surface area (Å²) in [5.41, 5.74) is 0.912. The third kappa shape index (κ3) is 9.99. The second kappa shape index (κ2) is 13.2. The molecule has 0 saturated heterocycles. The molecule has 1 aromatic rings. The predicted molar refractivity (Wildman–Crippen MR) is 65.1 cm³/mol. The summed E-state index contributed by atoms with van der Waals surface area (Å²) in [6.07, 6.45) is 2.33. The molecule has 0 amide bonds. The smallest absolute Gasteiger partial charge is 0.124 e. The number of aromatic nitrogens is 1. The number of hydrogen-bond donors (Lipinski definition) is 0. The van der Waals surface area contributed by atoms with Crippen LogP contribution in [0.5, 0.6) is 0 Å². The van der Waals surface area contributed by atoms with Crippen molar-refractivity contribution in [3.05, 3.63) is 18.0 Å². The van der Waals surface area contributed by atoms with Gasteiger partial charge in [0.15, 0.2) is 0 Å². The maximum Gasteiger partial charge on any atom is 0.124 e. The van der Waals surface area contributed by atoms with Gasteiger partial charge in [-0.3, -0.25) is 0 Å². The lowest BCUT2D eigenvalue weighted by Crippen LogP contribution is -2.09. The van der Waals surface area contributed by atoms with E-state index in [2.05, 4.69) is 5.16 Å². The number of methoxy groups -OCH3 is 1. The van der Waals surface area contributed by atoms with Crippen LogP contribution in [0.3, 0.4) is 0 Å². The second-order valence-electron chi connectivity index (χ2n) is 2.96. The van der Waals surface area contributed by atoms with Crippen LogP contribution in [0.25, 0.3) is 0 Å². The van der Waals surface area contributed by atoms with E-state index in [1.54, 1.807) is 13.4 Å². The van der Waals surface area contributed by atoms with Gasteiger partial charge in [-0.1, -0.05) is 19.0 Å². The lowest BCUT2D eigenvalue weighted by Gasteiger charge is -2.04. The van der Waals surface area contributed by atoms with Gasteiger partial charge in [-0.25, -0.2) is 0 Å². The fourth-order valence-electron chi connectivity index (χ4n) is 1.01. The maximum atomic E-state index is 5.34. The van der Waals surface area contributed by atoms with E-state index < -0.39 is 0 Å². The van der Waals surface area contributed by atoms with Crippen LogP contribution in [-0.2, 0) is 20.6 Å². The fourth-order valence-corrected chi connectivity index (χ4v) is 1.01. The van der Waals surface area contributed by atoms with E-state index in [4.69, 9.17) is 18.7 Å². The highest BCUT2D eigenvalue weighted by molar-refractivity contribution is 4.94. The monoisotopic (exact) mass is 245 g/mol. The Morgan fingerprint density at radius 2 is 1.71 bits per heavy atom. The van der Waals surface area contributed by atoms with E-state index in [1.165, 1.54) is 0 Å². The van der Waals surface area contributed by atoms with Crippen molar-refractivity contribution >= 4 is 0 Å². The van der Waals surface area contributed by atoms with Gasteiger partial charge in [0.05, 0.1) is 38.7 Å². The summed E-state index contributed by atoms with van der Waals surface area (Å²) in [4.78, 5) is 0. The van der Waals surface area contributed by atoms with Crippen molar-refractivity contribution in [2.45, 2.75) is 20.3 Å². The van der Waals surface area contributed by atoms with Crippen LogP contribution in [0.2, 0.25) is 0 Å².